The fourth-order valence-electron chi connectivity index (χ4n) is 7.11. The van der Waals surface area contributed by atoms with E-state index in [1.165, 1.54) is 173 Å². The summed E-state index contributed by atoms with van der Waals surface area (Å²) in [4.78, 5) is 12.5. The van der Waals surface area contributed by atoms with Crippen molar-refractivity contribution in [2.24, 2.45) is 0 Å². The number of amides is 1. The lowest BCUT2D eigenvalue weighted by Gasteiger charge is -2.21. The molecule has 0 aromatic carbocycles. The molecule has 0 aromatic rings. The predicted molar refractivity (Wildman–Crippen MR) is 241 cm³/mol. The smallest absolute Gasteiger partial charge is 0.249 e. The highest BCUT2D eigenvalue weighted by atomic mass is 16.3. The number of nitrogens with one attached hydrogen (secondary N) is 1. The topological polar surface area (TPSA) is 89.8 Å². The summed E-state index contributed by atoms with van der Waals surface area (Å²) < 4.78 is 0. The zero-order valence-electron chi connectivity index (χ0n) is 36.6. The van der Waals surface area contributed by atoms with Crippen LogP contribution in [0.15, 0.2) is 48.6 Å². The molecule has 5 nitrogen and oxygen atoms in total. The van der Waals surface area contributed by atoms with Crippen molar-refractivity contribution in [3.63, 3.8) is 0 Å². The van der Waals surface area contributed by atoms with Gasteiger partial charge in [0.25, 0.3) is 0 Å². The molecule has 0 aliphatic heterocycles. The second kappa shape index (κ2) is 45.0. The third kappa shape index (κ3) is 40.3. The van der Waals surface area contributed by atoms with E-state index >= 15 is 0 Å². The van der Waals surface area contributed by atoms with Gasteiger partial charge in [0.05, 0.1) is 18.8 Å². The van der Waals surface area contributed by atoms with Crippen molar-refractivity contribution in [1.82, 2.24) is 5.32 Å². The van der Waals surface area contributed by atoms with E-state index in [9.17, 15) is 20.1 Å². The fourth-order valence-corrected chi connectivity index (χ4v) is 7.11. The Balaban J connectivity index is 3.62. The minimum atomic E-state index is -1.11. The number of rotatable bonds is 43. The van der Waals surface area contributed by atoms with E-state index in [-0.39, 0.29) is 6.61 Å². The molecule has 0 aliphatic carbocycles. The van der Waals surface area contributed by atoms with E-state index in [1.54, 1.807) is 6.08 Å². The van der Waals surface area contributed by atoms with Gasteiger partial charge in [0.15, 0.2) is 0 Å². The fraction of sp³-hybridized carbons (Fsp3) is 0.820. The van der Waals surface area contributed by atoms with Crippen LogP contribution in [0.25, 0.3) is 0 Å². The molecule has 0 bridgehead atoms. The molecule has 0 aromatic heterocycles. The van der Waals surface area contributed by atoms with Crippen LogP contribution in [0.5, 0.6) is 0 Å². The van der Waals surface area contributed by atoms with Crippen LogP contribution in [0.3, 0.4) is 0 Å². The highest BCUT2D eigenvalue weighted by Gasteiger charge is 2.22. The minimum Gasteiger partial charge on any atom is -0.394 e. The van der Waals surface area contributed by atoms with E-state index in [2.05, 4.69) is 55.6 Å². The molecule has 0 rings (SSSR count). The van der Waals surface area contributed by atoms with Gasteiger partial charge in [-0.1, -0.05) is 223 Å². The normalized spacial score (nSPS) is 13.9. The molecule has 322 valence electrons. The maximum atomic E-state index is 12.5. The Morgan fingerprint density at radius 2 is 0.800 bits per heavy atom. The molecule has 0 aliphatic rings. The number of aliphatic hydroxyl groups excluding tert-OH is 3. The van der Waals surface area contributed by atoms with Crippen LogP contribution in [0.4, 0.5) is 0 Å². The number of hydrogen-bond acceptors (Lipinski definition) is 4. The van der Waals surface area contributed by atoms with Gasteiger partial charge in [-0.25, -0.2) is 0 Å². The second-order valence-electron chi connectivity index (χ2n) is 16.3. The molecule has 4 N–H and O–H groups in total. The first-order valence-electron chi connectivity index (χ1n) is 24.0. The predicted octanol–water partition coefficient (Wildman–Crippen LogP) is 14.1. The van der Waals surface area contributed by atoms with Crippen molar-refractivity contribution in [3.05, 3.63) is 48.6 Å². The van der Waals surface area contributed by atoms with Gasteiger partial charge in [0.2, 0.25) is 5.91 Å². The quantitative estimate of drug-likeness (QED) is 0.0367. The van der Waals surface area contributed by atoms with Gasteiger partial charge in [-0.15, -0.1) is 0 Å². The Labute approximate surface area is 342 Å². The summed E-state index contributed by atoms with van der Waals surface area (Å²) in [5.74, 6) is -0.515. The van der Waals surface area contributed by atoms with E-state index in [4.69, 9.17) is 0 Å². The first-order valence-corrected chi connectivity index (χ1v) is 24.0. The first-order chi connectivity index (χ1) is 27.1. The number of allylic oxidation sites excluding steroid dienone is 7. The SMILES string of the molecule is CCCCCCCCC/C=C/CC/C=C/C(O)C(CO)NC(=O)C(O)CCCCCCCCCCCCCC/C=C\C/C=C\CCCCCCCCCCC. The molecule has 0 saturated carbocycles. The maximum Gasteiger partial charge on any atom is 0.249 e. The van der Waals surface area contributed by atoms with E-state index in [0.717, 1.165) is 44.9 Å². The number of carbonyl (C=O) groups excluding carboxylic acids is 1. The van der Waals surface area contributed by atoms with Gasteiger partial charge in [-0.05, 0) is 64.2 Å². The van der Waals surface area contributed by atoms with Crippen LogP contribution >= 0.6 is 0 Å². The average Bonchev–Trinajstić information content (AvgIpc) is 3.19. The van der Waals surface area contributed by atoms with Crippen LogP contribution in [-0.4, -0.2) is 46.1 Å². The zero-order chi connectivity index (χ0) is 40.1. The molecular weight excluding hydrogens is 679 g/mol. The van der Waals surface area contributed by atoms with Crippen molar-refractivity contribution in [3.8, 4) is 0 Å². The van der Waals surface area contributed by atoms with Gasteiger partial charge in [-0.2, -0.15) is 0 Å². The average molecular weight is 772 g/mol. The molecular formula is C50H93NO4. The molecule has 0 spiro atoms. The lowest BCUT2D eigenvalue weighted by Crippen LogP contribution is -2.48. The lowest BCUT2D eigenvalue weighted by molar-refractivity contribution is -0.131. The van der Waals surface area contributed by atoms with Crippen molar-refractivity contribution in [1.29, 1.82) is 0 Å². The number of aliphatic hydroxyl groups is 3. The van der Waals surface area contributed by atoms with E-state index in [0.29, 0.717) is 6.42 Å². The Bertz CT molecular complexity index is 896. The molecule has 3 atom stereocenters. The summed E-state index contributed by atoms with van der Waals surface area (Å²) in [5, 5.41) is 33.1. The number of carbonyl (C=O) groups is 1. The van der Waals surface area contributed by atoms with Crippen molar-refractivity contribution in [2.75, 3.05) is 6.61 Å². The monoisotopic (exact) mass is 772 g/mol. The standard InChI is InChI=1S/C50H93NO4/c1-3-5-7-9-11-13-15-17-18-19-20-21-22-23-24-25-26-27-28-29-30-31-33-35-37-39-41-43-45-49(54)50(55)51-47(46-52)48(53)44-42-40-38-36-34-32-16-14-12-10-8-6-4-2/h20-21,23-24,34,36,42,44,47-49,52-54H,3-19,22,25-33,35,37-41,43,45-46H2,1-2H3,(H,51,55)/b21-20-,24-23-,36-34+,44-42+. The third-order valence-corrected chi connectivity index (χ3v) is 10.9. The van der Waals surface area contributed by atoms with Crippen molar-refractivity contribution in [2.45, 2.75) is 257 Å². The Hall–Kier alpha value is -1.69. The van der Waals surface area contributed by atoms with Crippen LogP contribution in [-0.2, 0) is 4.79 Å². The molecule has 1 amide bonds. The zero-order valence-corrected chi connectivity index (χ0v) is 36.6. The molecule has 0 fully saturated rings. The maximum absolute atomic E-state index is 12.5. The highest BCUT2D eigenvalue weighted by molar-refractivity contribution is 5.80. The van der Waals surface area contributed by atoms with Gasteiger partial charge in [-0.3, -0.25) is 4.79 Å². The summed E-state index contributed by atoms with van der Waals surface area (Å²) >= 11 is 0. The van der Waals surface area contributed by atoms with Gasteiger partial charge < -0.3 is 20.6 Å². The van der Waals surface area contributed by atoms with Gasteiger partial charge in [0.1, 0.15) is 6.10 Å². The van der Waals surface area contributed by atoms with Crippen molar-refractivity contribution < 1.29 is 20.1 Å². The first kappa shape index (κ1) is 53.3. The van der Waals surface area contributed by atoms with E-state index in [1.807, 2.05) is 6.08 Å². The molecule has 0 saturated heterocycles. The lowest BCUT2D eigenvalue weighted by atomic mass is 10.0. The number of unbranched alkanes of at least 4 members (excludes halogenated alkanes) is 29. The summed E-state index contributed by atoms with van der Waals surface area (Å²) in [5.41, 5.74) is 0. The van der Waals surface area contributed by atoms with Crippen LogP contribution in [0.1, 0.15) is 239 Å². The molecule has 0 heterocycles. The van der Waals surface area contributed by atoms with Crippen molar-refractivity contribution >= 4 is 5.91 Å². The van der Waals surface area contributed by atoms with Crippen LogP contribution in [0.2, 0.25) is 0 Å². The Kier molecular flexibility index (Phi) is 43.6. The minimum absolute atomic E-state index is 0.377. The third-order valence-electron chi connectivity index (χ3n) is 10.9. The molecule has 5 heteroatoms. The molecule has 0 radical (unpaired) electrons. The van der Waals surface area contributed by atoms with Crippen LogP contribution in [0, 0.1) is 0 Å². The molecule has 55 heavy (non-hydrogen) atoms. The van der Waals surface area contributed by atoms with Gasteiger partial charge >= 0.3 is 0 Å². The second-order valence-corrected chi connectivity index (χ2v) is 16.3. The Morgan fingerprint density at radius 1 is 0.455 bits per heavy atom. The van der Waals surface area contributed by atoms with Crippen LogP contribution < -0.4 is 5.32 Å². The molecule has 3 unspecified atom stereocenters. The summed E-state index contributed by atoms with van der Waals surface area (Å²) in [6, 6.07) is -0.815. The summed E-state index contributed by atoms with van der Waals surface area (Å²) in [6.07, 6.45) is 58.8. The number of hydrogen-bond donors (Lipinski definition) is 4. The largest absolute Gasteiger partial charge is 0.394 e. The highest BCUT2D eigenvalue weighted by Crippen LogP contribution is 2.15. The van der Waals surface area contributed by atoms with Gasteiger partial charge in [0, 0.05) is 0 Å². The Morgan fingerprint density at radius 3 is 1.22 bits per heavy atom. The summed E-state index contributed by atoms with van der Waals surface area (Å²) in [6.45, 7) is 4.16. The summed E-state index contributed by atoms with van der Waals surface area (Å²) in [7, 11) is 0. The van der Waals surface area contributed by atoms with E-state index < -0.39 is 24.2 Å².